The molecule has 0 radical (unpaired) electrons. The highest BCUT2D eigenvalue weighted by atomic mass is 16.5. The van der Waals surface area contributed by atoms with E-state index in [-0.39, 0.29) is 11.6 Å². The second kappa shape index (κ2) is 6.64. The van der Waals surface area contributed by atoms with Crippen molar-refractivity contribution in [3.8, 4) is 11.5 Å². The van der Waals surface area contributed by atoms with Crippen LogP contribution in [0.1, 0.15) is 31.8 Å². The Morgan fingerprint density at radius 1 is 0.516 bits per heavy atom. The first-order chi connectivity index (χ1) is 15.2. The molecule has 0 amide bonds. The number of carbonyl (C=O) groups is 2. The Morgan fingerprint density at radius 2 is 1.06 bits per heavy atom. The number of carbonyl (C=O) groups excluding carboxylic acids is 2. The number of hydrogen-bond acceptors (Lipinski definition) is 3. The molecule has 6 rings (SSSR count). The van der Waals surface area contributed by atoms with Gasteiger partial charge in [0, 0.05) is 22.1 Å². The minimum absolute atomic E-state index is 0.154. The van der Waals surface area contributed by atoms with E-state index >= 15 is 0 Å². The molecule has 3 heteroatoms. The van der Waals surface area contributed by atoms with E-state index < -0.39 is 0 Å². The van der Waals surface area contributed by atoms with E-state index in [2.05, 4.69) is 0 Å². The summed E-state index contributed by atoms with van der Waals surface area (Å²) in [6, 6.07) is 30.2. The molecule has 0 bridgehead atoms. The highest BCUT2D eigenvalue weighted by Gasteiger charge is 2.34. The lowest BCUT2D eigenvalue weighted by atomic mass is 9.81. The Bertz CT molecular complexity index is 1530. The Morgan fingerprint density at radius 3 is 1.77 bits per heavy atom. The molecular formula is C28H16O3. The molecule has 31 heavy (non-hydrogen) atoms. The van der Waals surface area contributed by atoms with Gasteiger partial charge in [-0.1, -0.05) is 66.7 Å². The predicted molar refractivity (Wildman–Crippen MR) is 121 cm³/mol. The summed E-state index contributed by atoms with van der Waals surface area (Å²) in [5.41, 5.74) is 1.58. The molecule has 0 saturated heterocycles. The van der Waals surface area contributed by atoms with Crippen LogP contribution in [-0.4, -0.2) is 11.6 Å². The van der Waals surface area contributed by atoms with Crippen LogP contribution in [0.4, 0.5) is 0 Å². The van der Waals surface area contributed by atoms with Crippen LogP contribution in [0.15, 0.2) is 97.1 Å². The van der Waals surface area contributed by atoms with Crippen LogP contribution in [0.3, 0.4) is 0 Å². The number of hydrogen-bond donors (Lipinski definition) is 0. The molecule has 0 fully saturated rings. The van der Waals surface area contributed by atoms with Crippen molar-refractivity contribution in [3.63, 3.8) is 0 Å². The van der Waals surface area contributed by atoms with Crippen LogP contribution in [0.25, 0.3) is 21.5 Å². The standard InChI is InChI=1S/C28H16O3/c29-26-22-14-17-8-4-5-9-18(17)15-23(22)27(30)25-24(26)16-19-10-6-7-13-21(19)28(25)31-20-11-2-1-3-12-20/h1-16H. The number of ether oxygens (including phenoxy) is 1. The molecular weight excluding hydrogens is 384 g/mol. The first kappa shape index (κ1) is 17.6. The molecule has 0 atom stereocenters. The number of para-hydroxylation sites is 1. The highest BCUT2D eigenvalue weighted by Crippen LogP contribution is 2.41. The van der Waals surface area contributed by atoms with Gasteiger partial charge in [0.05, 0.1) is 5.56 Å². The molecule has 0 heterocycles. The van der Waals surface area contributed by atoms with Gasteiger partial charge in [0.1, 0.15) is 11.5 Å². The average Bonchev–Trinajstić information content (AvgIpc) is 2.82. The number of benzene rings is 5. The van der Waals surface area contributed by atoms with Gasteiger partial charge in [-0.15, -0.1) is 0 Å². The van der Waals surface area contributed by atoms with Gasteiger partial charge < -0.3 is 4.74 Å². The zero-order valence-electron chi connectivity index (χ0n) is 16.5. The first-order valence-corrected chi connectivity index (χ1v) is 10.1. The maximum Gasteiger partial charge on any atom is 0.198 e. The van der Waals surface area contributed by atoms with E-state index in [4.69, 9.17) is 4.74 Å². The molecule has 146 valence electrons. The zero-order chi connectivity index (χ0) is 20.9. The lowest BCUT2D eigenvalue weighted by Crippen LogP contribution is -2.22. The van der Waals surface area contributed by atoms with Gasteiger partial charge in [0.15, 0.2) is 11.6 Å². The predicted octanol–water partition coefficient (Wildman–Crippen LogP) is 6.56. The molecule has 5 aromatic carbocycles. The summed E-state index contributed by atoms with van der Waals surface area (Å²) < 4.78 is 6.24. The minimum Gasteiger partial charge on any atom is -0.456 e. The van der Waals surface area contributed by atoms with Crippen LogP contribution in [0.2, 0.25) is 0 Å². The zero-order valence-corrected chi connectivity index (χ0v) is 16.5. The summed E-state index contributed by atoms with van der Waals surface area (Å²) >= 11 is 0. The summed E-state index contributed by atoms with van der Waals surface area (Å²) in [5, 5.41) is 3.53. The van der Waals surface area contributed by atoms with Gasteiger partial charge in [0.2, 0.25) is 0 Å². The van der Waals surface area contributed by atoms with E-state index in [0.717, 1.165) is 21.5 Å². The first-order valence-electron chi connectivity index (χ1n) is 10.1. The van der Waals surface area contributed by atoms with Gasteiger partial charge in [-0.2, -0.15) is 0 Å². The maximum atomic E-state index is 13.7. The topological polar surface area (TPSA) is 43.4 Å². The summed E-state index contributed by atoms with van der Waals surface area (Å²) in [5.74, 6) is 0.702. The van der Waals surface area contributed by atoms with Crippen molar-refractivity contribution in [1.29, 1.82) is 0 Å². The molecule has 0 aromatic heterocycles. The summed E-state index contributed by atoms with van der Waals surface area (Å²) in [4.78, 5) is 27.3. The van der Waals surface area contributed by atoms with E-state index in [1.807, 2.05) is 91.0 Å². The van der Waals surface area contributed by atoms with Crippen molar-refractivity contribution in [2.24, 2.45) is 0 Å². The number of fused-ring (bicyclic) bond motifs is 4. The fourth-order valence-corrected chi connectivity index (χ4v) is 4.33. The third kappa shape index (κ3) is 2.67. The van der Waals surface area contributed by atoms with Crippen molar-refractivity contribution in [3.05, 3.63) is 119 Å². The SMILES string of the molecule is O=C1c2cc3ccccc3cc2C(=O)c2c1cc1ccccc1c2Oc1ccccc1. The summed E-state index contributed by atoms with van der Waals surface area (Å²) in [6.07, 6.45) is 0. The van der Waals surface area contributed by atoms with Crippen molar-refractivity contribution < 1.29 is 14.3 Å². The van der Waals surface area contributed by atoms with Gasteiger partial charge in [-0.25, -0.2) is 0 Å². The lowest BCUT2D eigenvalue weighted by molar-refractivity contribution is 0.0977. The Balaban J connectivity index is 1.66. The largest absolute Gasteiger partial charge is 0.456 e. The second-order valence-electron chi connectivity index (χ2n) is 7.67. The smallest absolute Gasteiger partial charge is 0.198 e. The van der Waals surface area contributed by atoms with Crippen LogP contribution in [-0.2, 0) is 0 Å². The molecule has 0 N–H and O–H groups in total. The van der Waals surface area contributed by atoms with Crippen LogP contribution >= 0.6 is 0 Å². The summed E-state index contributed by atoms with van der Waals surface area (Å²) in [6.45, 7) is 0. The number of ketones is 2. The second-order valence-corrected chi connectivity index (χ2v) is 7.67. The Kier molecular flexibility index (Phi) is 3.77. The van der Waals surface area contributed by atoms with Crippen LogP contribution < -0.4 is 4.74 Å². The van der Waals surface area contributed by atoms with Gasteiger partial charge >= 0.3 is 0 Å². The molecule has 5 aromatic rings. The third-order valence-electron chi connectivity index (χ3n) is 5.81. The molecule has 0 unspecified atom stereocenters. The van der Waals surface area contributed by atoms with Crippen molar-refractivity contribution >= 4 is 33.1 Å². The summed E-state index contributed by atoms with van der Waals surface area (Å²) in [7, 11) is 0. The van der Waals surface area contributed by atoms with Crippen molar-refractivity contribution in [2.45, 2.75) is 0 Å². The van der Waals surface area contributed by atoms with Gasteiger partial charge in [-0.05, 0) is 46.5 Å². The van der Waals surface area contributed by atoms with E-state index in [9.17, 15) is 9.59 Å². The monoisotopic (exact) mass is 400 g/mol. The fraction of sp³-hybridized carbons (Fsp3) is 0. The number of rotatable bonds is 2. The Labute approximate surface area is 178 Å². The molecule has 0 saturated carbocycles. The van der Waals surface area contributed by atoms with Crippen LogP contribution in [0, 0.1) is 0 Å². The molecule has 1 aliphatic rings. The quantitative estimate of drug-likeness (QED) is 0.331. The molecule has 0 aliphatic heterocycles. The third-order valence-corrected chi connectivity index (χ3v) is 5.81. The highest BCUT2D eigenvalue weighted by molar-refractivity contribution is 6.32. The van der Waals surface area contributed by atoms with E-state index in [1.54, 1.807) is 6.07 Å². The molecule has 0 spiro atoms. The minimum atomic E-state index is -0.188. The van der Waals surface area contributed by atoms with Crippen LogP contribution in [0.5, 0.6) is 11.5 Å². The lowest BCUT2D eigenvalue weighted by Gasteiger charge is -2.22. The Hall–Kier alpha value is -4.24. The molecule has 3 nitrogen and oxygen atoms in total. The van der Waals surface area contributed by atoms with Gasteiger partial charge in [0.25, 0.3) is 0 Å². The normalized spacial score (nSPS) is 12.6. The van der Waals surface area contributed by atoms with E-state index in [1.165, 1.54) is 0 Å². The fourth-order valence-electron chi connectivity index (χ4n) is 4.33. The van der Waals surface area contributed by atoms with E-state index in [0.29, 0.717) is 33.8 Å². The maximum absolute atomic E-state index is 13.7. The van der Waals surface area contributed by atoms with Crippen molar-refractivity contribution in [1.82, 2.24) is 0 Å². The van der Waals surface area contributed by atoms with Crippen molar-refractivity contribution in [2.75, 3.05) is 0 Å². The van der Waals surface area contributed by atoms with Gasteiger partial charge in [-0.3, -0.25) is 9.59 Å². The average molecular weight is 400 g/mol. The molecule has 1 aliphatic carbocycles.